The van der Waals surface area contributed by atoms with Gasteiger partial charge < -0.3 is 33.1 Å². The second-order valence-electron chi connectivity index (χ2n) is 19.3. The van der Waals surface area contributed by atoms with Crippen LogP contribution in [0.3, 0.4) is 0 Å². The highest BCUT2D eigenvalue weighted by Gasteiger charge is 2.51. The van der Waals surface area contributed by atoms with Gasteiger partial charge in [0.2, 0.25) is 0 Å². The molecule has 3 heterocycles. The molecular weight excluding hydrogens is 909 g/mol. The van der Waals surface area contributed by atoms with Gasteiger partial charge in [0.15, 0.2) is 0 Å². The van der Waals surface area contributed by atoms with Gasteiger partial charge in [-0.3, -0.25) is 0 Å². The van der Waals surface area contributed by atoms with Crippen LogP contribution in [0.2, 0.25) is 0 Å². The Bertz CT molecular complexity index is 3920. The summed E-state index contributed by atoms with van der Waals surface area (Å²) in [5.41, 5.74) is 17.4. The third kappa shape index (κ3) is 6.32. The van der Waals surface area contributed by atoms with Crippen LogP contribution in [0, 0.1) is 0 Å². The molecule has 7 heteroatoms. The molecule has 2 aliphatic rings. The molecule has 74 heavy (non-hydrogen) atoms. The fourth-order valence-electron chi connectivity index (χ4n) is 12.6. The number of benzene rings is 10. The van der Waals surface area contributed by atoms with Crippen molar-refractivity contribution in [3.05, 3.63) is 241 Å². The summed E-state index contributed by atoms with van der Waals surface area (Å²) < 4.78 is 23.1. The molecule has 1 spiro atoms. The van der Waals surface area contributed by atoms with E-state index in [2.05, 4.69) is 251 Å². The normalized spacial score (nSPS) is 12.9. The van der Waals surface area contributed by atoms with Gasteiger partial charge in [-0.25, -0.2) is 0 Å². The molecule has 0 saturated carbocycles. The van der Waals surface area contributed by atoms with Gasteiger partial charge in [-0.15, -0.1) is 0 Å². The van der Waals surface area contributed by atoms with Crippen molar-refractivity contribution in [1.82, 2.24) is 9.13 Å². The van der Waals surface area contributed by atoms with E-state index in [0.717, 1.165) is 81.3 Å². The lowest BCUT2D eigenvalue weighted by atomic mass is 9.66. The number of hydrogen-bond donors (Lipinski definition) is 0. The van der Waals surface area contributed by atoms with Crippen LogP contribution in [-0.2, 0) is 18.5 Å². The Hall–Kier alpha value is -9.20. The first kappa shape index (κ1) is 43.6. The lowest BCUT2D eigenvalue weighted by molar-refractivity contribution is 0.414. The molecule has 0 amide bonds. The van der Waals surface area contributed by atoms with Crippen molar-refractivity contribution in [2.45, 2.75) is 32.4 Å². The quantitative estimate of drug-likeness (QED) is 0.137. The number of hydrogen-bond acceptors (Lipinski definition) is 5. The van der Waals surface area contributed by atoms with Crippen LogP contribution in [0.1, 0.15) is 36.1 Å². The number of para-hydroxylation sites is 4. The zero-order valence-electron chi connectivity index (χ0n) is 41.7. The summed E-state index contributed by atoms with van der Waals surface area (Å²) in [6, 6.07) is 79.6. The summed E-state index contributed by atoms with van der Waals surface area (Å²) >= 11 is 0. The molecule has 2 aromatic heterocycles. The van der Waals surface area contributed by atoms with Crippen molar-refractivity contribution in [2.24, 2.45) is 0 Å². The van der Waals surface area contributed by atoms with Crippen molar-refractivity contribution < 1.29 is 14.2 Å². The molecule has 1 aliphatic heterocycles. The highest BCUT2D eigenvalue weighted by molar-refractivity contribution is 6.11. The molecular formula is C67H52N4O3. The summed E-state index contributed by atoms with van der Waals surface area (Å²) in [5, 5.41) is 4.93. The van der Waals surface area contributed by atoms with E-state index >= 15 is 0 Å². The molecule has 10 aromatic carbocycles. The maximum atomic E-state index is 6.90. The third-order valence-corrected chi connectivity index (χ3v) is 15.7. The van der Waals surface area contributed by atoms with Gasteiger partial charge in [-0.05, 0) is 170 Å². The highest BCUT2D eigenvalue weighted by Crippen LogP contribution is 2.63. The Morgan fingerprint density at radius 2 is 0.730 bits per heavy atom. The first-order valence-corrected chi connectivity index (χ1v) is 25.6. The molecule has 0 radical (unpaired) electrons. The zero-order chi connectivity index (χ0) is 49.7. The van der Waals surface area contributed by atoms with Crippen LogP contribution in [0.4, 0.5) is 34.1 Å². The number of fused-ring (bicyclic) bond motifs is 15. The molecule has 0 bridgehead atoms. The van der Waals surface area contributed by atoms with E-state index < -0.39 is 5.41 Å². The summed E-state index contributed by atoms with van der Waals surface area (Å²) in [6.07, 6.45) is 0. The Balaban J connectivity index is 1.02. The molecule has 7 nitrogen and oxygen atoms in total. The summed E-state index contributed by atoms with van der Waals surface area (Å²) in [7, 11) is 3.44. The van der Waals surface area contributed by atoms with Crippen molar-refractivity contribution in [3.63, 3.8) is 0 Å². The number of methoxy groups -OCH3 is 2. The maximum absolute atomic E-state index is 6.90. The minimum atomic E-state index is -0.768. The number of ether oxygens (including phenoxy) is 3. The average molecular weight is 961 g/mol. The van der Waals surface area contributed by atoms with Crippen LogP contribution in [0.15, 0.2) is 218 Å². The first-order valence-electron chi connectivity index (χ1n) is 25.6. The molecule has 1 aliphatic carbocycles. The second kappa shape index (κ2) is 17.0. The van der Waals surface area contributed by atoms with Crippen LogP contribution in [0.25, 0.3) is 54.7 Å². The van der Waals surface area contributed by atoms with Gasteiger partial charge in [-0.1, -0.05) is 84.9 Å². The van der Waals surface area contributed by atoms with Crippen LogP contribution in [0.5, 0.6) is 23.0 Å². The van der Waals surface area contributed by atoms with E-state index in [1.54, 1.807) is 14.2 Å². The number of nitrogens with zero attached hydrogens (tertiary/aromatic N) is 4. The van der Waals surface area contributed by atoms with Crippen molar-refractivity contribution >= 4 is 77.7 Å². The maximum Gasteiger partial charge on any atom is 0.132 e. The fourth-order valence-corrected chi connectivity index (χ4v) is 12.6. The number of anilines is 6. The van der Waals surface area contributed by atoms with E-state index in [4.69, 9.17) is 14.2 Å². The lowest BCUT2D eigenvalue weighted by Crippen LogP contribution is -2.32. The van der Waals surface area contributed by atoms with Gasteiger partial charge in [0, 0.05) is 102 Å². The predicted octanol–water partition coefficient (Wildman–Crippen LogP) is 17.4. The van der Waals surface area contributed by atoms with E-state index in [1.165, 1.54) is 65.9 Å². The molecule has 0 unspecified atom stereocenters. The Morgan fingerprint density at radius 1 is 0.365 bits per heavy atom. The SMILES string of the molecule is CCn1c2ccccc2c2cc(N(c3ccc(OC)cc3)c3ccc4c(c3)C3(c5ccccc5Oc5ccccc53)c3cc(N(c5ccc(OC)cc5)c5ccc6c(c5)c5ccccc5n6CC)ccc3-4)ccc21. The van der Waals surface area contributed by atoms with Crippen LogP contribution < -0.4 is 24.0 Å². The second-order valence-corrected chi connectivity index (χ2v) is 19.3. The lowest BCUT2D eigenvalue weighted by Gasteiger charge is -2.40. The molecule has 0 fully saturated rings. The number of aryl methyl sites for hydroxylation is 2. The highest BCUT2D eigenvalue weighted by atomic mass is 16.5. The number of aromatic nitrogens is 2. The fraction of sp³-hybridized carbons (Fsp3) is 0.104. The van der Waals surface area contributed by atoms with Crippen molar-refractivity contribution in [3.8, 4) is 34.1 Å². The van der Waals surface area contributed by atoms with Crippen LogP contribution >= 0.6 is 0 Å². The van der Waals surface area contributed by atoms with E-state index in [-0.39, 0.29) is 0 Å². The zero-order valence-corrected chi connectivity index (χ0v) is 41.7. The molecule has 0 N–H and O–H groups in total. The first-order chi connectivity index (χ1) is 36.5. The van der Waals surface area contributed by atoms with Gasteiger partial charge in [0.25, 0.3) is 0 Å². The smallest absolute Gasteiger partial charge is 0.132 e. The molecule has 12 aromatic rings. The van der Waals surface area contributed by atoms with Crippen LogP contribution in [-0.4, -0.2) is 23.4 Å². The van der Waals surface area contributed by atoms with Crippen molar-refractivity contribution in [2.75, 3.05) is 24.0 Å². The van der Waals surface area contributed by atoms with E-state index in [9.17, 15) is 0 Å². The van der Waals surface area contributed by atoms with Gasteiger partial charge in [0.05, 0.1) is 19.6 Å². The molecule has 14 rings (SSSR count). The third-order valence-electron chi connectivity index (χ3n) is 15.7. The average Bonchev–Trinajstić information content (AvgIpc) is 4.21. The molecule has 0 saturated heterocycles. The standard InChI is InChI=1S/C67H52N4O3/c1-5-68-61-19-11-7-15-53(61)55-39-45(29-37-63(55)68)70(43-23-31-49(72-3)32-24-43)47-27-35-51-52-36-28-48(42-60(52)67(59(51)41-47)57-17-9-13-21-65(57)74-66-22-14-10-18-58(66)67)71(44-25-33-50(73-4)34-26-44)46-30-38-64-56(40-46)54-16-8-12-20-62(54)69(64)6-2/h7-42H,5-6H2,1-4H3. The number of rotatable bonds is 10. The van der Waals surface area contributed by atoms with E-state index in [0.29, 0.717) is 0 Å². The minimum Gasteiger partial charge on any atom is -0.497 e. The van der Waals surface area contributed by atoms with Gasteiger partial charge >= 0.3 is 0 Å². The van der Waals surface area contributed by atoms with Gasteiger partial charge in [0.1, 0.15) is 23.0 Å². The minimum absolute atomic E-state index is 0.768. The summed E-state index contributed by atoms with van der Waals surface area (Å²) in [5.74, 6) is 3.30. The predicted molar refractivity (Wildman–Crippen MR) is 304 cm³/mol. The van der Waals surface area contributed by atoms with Gasteiger partial charge in [-0.2, -0.15) is 0 Å². The monoisotopic (exact) mass is 960 g/mol. The summed E-state index contributed by atoms with van der Waals surface area (Å²) in [6.45, 7) is 6.20. The topological polar surface area (TPSA) is 44.0 Å². The van der Waals surface area contributed by atoms with E-state index in [1.807, 2.05) is 0 Å². The largest absolute Gasteiger partial charge is 0.497 e. The molecule has 358 valence electrons. The Morgan fingerprint density at radius 3 is 1.16 bits per heavy atom. The Kier molecular flexibility index (Phi) is 9.99. The Labute approximate surface area is 430 Å². The molecule has 0 atom stereocenters. The summed E-state index contributed by atoms with van der Waals surface area (Å²) in [4.78, 5) is 4.79. The van der Waals surface area contributed by atoms with Crippen molar-refractivity contribution in [1.29, 1.82) is 0 Å².